The Labute approximate surface area is 196 Å². The summed E-state index contributed by atoms with van der Waals surface area (Å²) < 4.78 is 27.3. The minimum atomic E-state index is -1.15. The summed E-state index contributed by atoms with van der Waals surface area (Å²) in [6.45, 7) is 4.58. The van der Waals surface area contributed by atoms with Crippen molar-refractivity contribution in [1.29, 1.82) is 0 Å². The van der Waals surface area contributed by atoms with E-state index in [9.17, 15) is 19.2 Å². The maximum absolute atomic E-state index is 11.8. The molecule has 1 aromatic carbocycles. The maximum Gasteiger partial charge on any atom is 0.303 e. The van der Waals surface area contributed by atoms with E-state index in [-0.39, 0.29) is 6.61 Å². The van der Waals surface area contributed by atoms with Gasteiger partial charge >= 0.3 is 23.9 Å². The zero-order valence-corrected chi connectivity index (χ0v) is 19.7. The van der Waals surface area contributed by atoms with Crippen LogP contribution in [0.15, 0.2) is 36.4 Å². The highest BCUT2D eigenvalue weighted by Crippen LogP contribution is 2.34. The molecular weight excluding hydrogens is 452 g/mol. The molecule has 0 saturated carbocycles. The second-order valence-electron chi connectivity index (χ2n) is 7.21. The number of thioether (sulfide) groups is 1. The molecule has 9 nitrogen and oxygen atoms in total. The molecule has 1 fully saturated rings. The number of ether oxygens (including phenoxy) is 5. The van der Waals surface area contributed by atoms with Crippen molar-refractivity contribution in [3.8, 4) is 0 Å². The Bertz CT molecular complexity index is 855. The van der Waals surface area contributed by atoms with Crippen LogP contribution in [0, 0.1) is 0 Å². The number of benzene rings is 1. The summed E-state index contributed by atoms with van der Waals surface area (Å²) in [4.78, 5) is 46.7. The van der Waals surface area contributed by atoms with Gasteiger partial charge in [-0.25, -0.2) is 0 Å². The van der Waals surface area contributed by atoms with Gasteiger partial charge in [-0.1, -0.05) is 42.5 Å². The third-order valence-electron chi connectivity index (χ3n) is 4.41. The fraction of sp³-hybridized carbons (Fsp3) is 0.478. The van der Waals surface area contributed by atoms with Crippen molar-refractivity contribution in [2.75, 3.05) is 12.4 Å². The lowest BCUT2D eigenvalue weighted by Gasteiger charge is -2.44. The largest absolute Gasteiger partial charge is 0.463 e. The fourth-order valence-corrected chi connectivity index (χ4v) is 4.24. The van der Waals surface area contributed by atoms with Crippen molar-refractivity contribution >= 4 is 41.7 Å². The van der Waals surface area contributed by atoms with Gasteiger partial charge in [0.25, 0.3) is 0 Å². The Kier molecular flexibility index (Phi) is 10.4. The van der Waals surface area contributed by atoms with Gasteiger partial charge in [-0.3, -0.25) is 19.2 Å². The lowest BCUT2D eigenvalue weighted by molar-refractivity contribution is -0.237. The van der Waals surface area contributed by atoms with Gasteiger partial charge in [-0.15, -0.1) is 11.8 Å². The molecular formula is C23H28O9S. The standard InChI is InChI=1S/C23H28O9S/c1-14(24)28-13-19-20(29-15(2)25)21(30-16(3)26)22(31-17(4)27)23(32-19)33-12-8-11-18-9-6-5-7-10-18/h5-11,19-23H,12-13H2,1-4H3/b11-8+/t19-,20-,21+,22+,23+/m1/s1. The Hall–Kier alpha value is -2.85. The molecule has 0 aromatic heterocycles. The Morgan fingerprint density at radius 2 is 1.42 bits per heavy atom. The zero-order chi connectivity index (χ0) is 24.4. The molecule has 10 heteroatoms. The predicted octanol–water partition coefficient (Wildman–Crippen LogP) is 2.52. The number of rotatable bonds is 9. The van der Waals surface area contributed by atoms with E-state index in [4.69, 9.17) is 23.7 Å². The van der Waals surface area contributed by atoms with Gasteiger partial charge in [-0.05, 0) is 5.56 Å². The van der Waals surface area contributed by atoms with Crippen LogP contribution in [0.1, 0.15) is 33.3 Å². The van der Waals surface area contributed by atoms with Crippen molar-refractivity contribution in [3.63, 3.8) is 0 Å². The highest BCUT2D eigenvalue weighted by Gasteiger charge is 2.52. The van der Waals surface area contributed by atoms with Crippen molar-refractivity contribution in [2.45, 2.75) is 57.5 Å². The smallest absolute Gasteiger partial charge is 0.303 e. The second kappa shape index (κ2) is 13.0. The third kappa shape index (κ3) is 8.89. The van der Waals surface area contributed by atoms with Gasteiger partial charge < -0.3 is 23.7 Å². The van der Waals surface area contributed by atoms with Crippen LogP contribution in [-0.2, 0) is 42.9 Å². The Morgan fingerprint density at radius 1 is 0.848 bits per heavy atom. The number of esters is 4. The minimum Gasteiger partial charge on any atom is -0.463 e. The van der Waals surface area contributed by atoms with E-state index in [1.807, 2.05) is 42.5 Å². The molecule has 33 heavy (non-hydrogen) atoms. The van der Waals surface area contributed by atoms with Crippen molar-refractivity contribution in [1.82, 2.24) is 0 Å². The van der Waals surface area contributed by atoms with Crippen LogP contribution in [0.3, 0.4) is 0 Å². The first-order valence-corrected chi connectivity index (χ1v) is 11.4. The van der Waals surface area contributed by atoms with Crippen LogP contribution in [0.5, 0.6) is 0 Å². The van der Waals surface area contributed by atoms with Crippen LogP contribution in [0.25, 0.3) is 6.08 Å². The number of carbonyl (C=O) groups is 4. The lowest BCUT2D eigenvalue weighted by atomic mass is 9.99. The van der Waals surface area contributed by atoms with E-state index in [1.54, 1.807) is 0 Å². The summed E-state index contributed by atoms with van der Waals surface area (Å²) in [7, 11) is 0. The van der Waals surface area contributed by atoms with E-state index >= 15 is 0 Å². The molecule has 1 aliphatic rings. The first kappa shape index (κ1) is 26.4. The minimum absolute atomic E-state index is 0.241. The molecule has 5 atom stereocenters. The normalized spacial score (nSPS) is 24.7. The molecule has 1 aliphatic heterocycles. The third-order valence-corrected chi connectivity index (χ3v) is 5.51. The monoisotopic (exact) mass is 480 g/mol. The Balaban J connectivity index is 2.28. The van der Waals surface area contributed by atoms with E-state index in [0.717, 1.165) is 5.56 Å². The summed E-state index contributed by atoms with van der Waals surface area (Å²) in [5.74, 6) is -2.02. The van der Waals surface area contributed by atoms with Gasteiger partial charge in [0.1, 0.15) is 18.1 Å². The number of hydrogen-bond donors (Lipinski definition) is 0. The molecule has 180 valence electrons. The van der Waals surface area contributed by atoms with Crippen molar-refractivity contribution in [3.05, 3.63) is 42.0 Å². The molecule has 0 N–H and O–H groups in total. The average Bonchev–Trinajstić information content (AvgIpc) is 2.73. The van der Waals surface area contributed by atoms with Gasteiger partial charge in [0.05, 0.1) is 0 Å². The first-order valence-electron chi connectivity index (χ1n) is 10.3. The zero-order valence-electron chi connectivity index (χ0n) is 18.9. The molecule has 1 heterocycles. The van der Waals surface area contributed by atoms with Crippen LogP contribution in [0.2, 0.25) is 0 Å². The summed E-state index contributed by atoms with van der Waals surface area (Å²) in [5.41, 5.74) is 0.227. The van der Waals surface area contributed by atoms with Crippen LogP contribution in [0.4, 0.5) is 0 Å². The van der Waals surface area contributed by atoms with Gasteiger partial charge in [0.15, 0.2) is 18.3 Å². The summed E-state index contributed by atoms with van der Waals surface area (Å²) in [6.07, 6.45) is -0.456. The lowest BCUT2D eigenvalue weighted by Crippen LogP contribution is -2.61. The van der Waals surface area contributed by atoms with E-state index < -0.39 is 53.7 Å². The van der Waals surface area contributed by atoms with Crippen molar-refractivity contribution in [2.24, 2.45) is 0 Å². The molecule has 2 rings (SSSR count). The van der Waals surface area contributed by atoms with Gasteiger partial charge in [0.2, 0.25) is 0 Å². The molecule has 1 saturated heterocycles. The highest BCUT2D eigenvalue weighted by molar-refractivity contribution is 7.99. The highest BCUT2D eigenvalue weighted by atomic mass is 32.2. The second-order valence-corrected chi connectivity index (χ2v) is 8.35. The summed E-state index contributed by atoms with van der Waals surface area (Å²) in [6, 6.07) is 9.67. The van der Waals surface area contributed by atoms with E-state index in [2.05, 4.69) is 0 Å². The molecule has 0 amide bonds. The molecule has 0 spiro atoms. The number of carbonyl (C=O) groups excluding carboxylic acids is 4. The molecule has 0 radical (unpaired) electrons. The van der Waals surface area contributed by atoms with Crippen LogP contribution >= 0.6 is 11.8 Å². The molecule has 0 aliphatic carbocycles. The molecule has 0 unspecified atom stereocenters. The predicted molar refractivity (Wildman–Crippen MR) is 120 cm³/mol. The molecule has 0 bridgehead atoms. The van der Waals surface area contributed by atoms with E-state index in [1.165, 1.54) is 39.5 Å². The van der Waals surface area contributed by atoms with Crippen LogP contribution < -0.4 is 0 Å². The molecule has 1 aromatic rings. The van der Waals surface area contributed by atoms with Crippen molar-refractivity contribution < 1.29 is 42.9 Å². The van der Waals surface area contributed by atoms with Gasteiger partial charge in [0, 0.05) is 33.4 Å². The summed E-state index contributed by atoms with van der Waals surface area (Å²) in [5, 5.41) is 0. The maximum atomic E-state index is 11.8. The van der Waals surface area contributed by atoms with Gasteiger partial charge in [-0.2, -0.15) is 0 Å². The quantitative estimate of drug-likeness (QED) is 0.386. The number of hydrogen-bond acceptors (Lipinski definition) is 10. The SMILES string of the molecule is CC(=O)OC[C@H]1O[C@@H](SC/C=C/c2ccccc2)[C@@H](OC(C)=O)[C@@H](OC(C)=O)[C@@H]1OC(C)=O. The van der Waals surface area contributed by atoms with E-state index in [0.29, 0.717) is 5.75 Å². The average molecular weight is 481 g/mol. The summed E-state index contributed by atoms with van der Waals surface area (Å²) >= 11 is 1.30. The Morgan fingerprint density at radius 3 is 2.00 bits per heavy atom. The first-order chi connectivity index (χ1) is 15.7. The van der Waals surface area contributed by atoms with Crippen LogP contribution in [-0.4, -0.2) is 66.1 Å². The fourth-order valence-electron chi connectivity index (χ4n) is 3.22. The topological polar surface area (TPSA) is 114 Å².